The van der Waals surface area contributed by atoms with Crippen LogP contribution in [0.1, 0.15) is 12.8 Å². The Bertz CT molecular complexity index is 316. The predicted octanol–water partition coefficient (Wildman–Crippen LogP) is -1.92. The van der Waals surface area contributed by atoms with Gasteiger partial charge in [-0.3, -0.25) is 9.59 Å². The van der Waals surface area contributed by atoms with Crippen LogP contribution < -0.4 is 10.5 Å². The van der Waals surface area contributed by atoms with Crippen LogP contribution in [0, 0.1) is 0 Å². The number of hydrogen-bond donors (Lipinski definition) is 2. The van der Waals surface area contributed by atoms with E-state index >= 15 is 0 Å². The molecule has 0 spiro atoms. The van der Waals surface area contributed by atoms with Gasteiger partial charge in [0.2, 0.25) is 10.0 Å². The molecule has 0 heterocycles. The first-order chi connectivity index (χ1) is 5.43. The summed E-state index contributed by atoms with van der Waals surface area (Å²) in [6, 6.07) is 0. The lowest BCUT2D eigenvalue weighted by Crippen LogP contribution is -2.41. The van der Waals surface area contributed by atoms with Gasteiger partial charge in [0.1, 0.15) is 0 Å². The lowest BCUT2D eigenvalue weighted by Gasteiger charge is -2.01. The number of primary amides is 1. The summed E-state index contributed by atoms with van der Waals surface area (Å²) >= 11 is 0. The number of sulfonamides is 1. The Hall–Kier alpha value is -1.11. The molecule has 6 nitrogen and oxygen atoms in total. The zero-order valence-corrected chi connectivity index (χ0v) is 6.93. The summed E-state index contributed by atoms with van der Waals surface area (Å²) in [6.45, 7) is 0. The molecule has 1 aliphatic rings. The van der Waals surface area contributed by atoms with Crippen LogP contribution >= 0.6 is 0 Å². The van der Waals surface area contributed by atoms with E-state index in [9.17, 15) is 18.0 Å². The highest BCUT2D eigenvalue weighted by Crippen LogP contribution is 2.27. The molecule has 0 bridgehead atoms. The minimum Gasteiger partial charge on any atom is -0.361 e. The van der Waals surface area contributed by atoms with E-state index in [-0.39, 0.29) is 0 Å². The summed E-state index contributed by atoms with van der Waals surface area (Å²) in [4.78, 5) is 20.7. The van der Waals surface area contributed by atoms with Crippen molar-refractivity contribution in [3.8, 4) is 0 Å². The van der Waals surface area contributed by atoms with Gasteiger partial charge in [0.25, 0.3) is 0 Å². The first-order valence-corrected chi connectivity index (χ1v) is 4.83. The van der Waals surface area contributed by atoms with Gasteiger partial charge >= 0.3 is 11.8 Å². The molecule has 0 aromatic carbocycles. The van der Waals surface area contributed by atoms with Crippen LogP contribution in [0.25, 0.3) is 0 Å². The highest BCUT2D eigenvalue weighted by atomic mass is 32.2. The third-order valence-electron chi connectivity index (χ3n) is 1.42. The number of carbonyl (C=O) groups excluding carboxylic acids is 2. The molecular formula is C5H8N2O4S. The van der Waals surface area contributed by atoms with E-state index in [0.717, 1.165) is 0 Å². The summed E-state index contributed by atoms with van der Waals surface area (Å²) in [5, 5.41) is -0.527. The normalized spacial score (nSPS) is 17.0. The molecule has 68 valence electrons. The van der Waals surface area contributed by atoms with Crippen molar-refractivity contribution in [2.45, 2.75) is 18.1 Å². The predicted molar refractivity (Wildman–Crippen MR) is 39.3 cm³/mol. The van der Waals surface area contributed by atoms with Crippen molar-refractivity contribution in [2.75, 3.05) is 0 Å². The van der Waals surface area contributed by atoms with Gasteiger partial charge in [0.15, 0.2) is 0 Å². The van der Waals surface area contributed by atoms with Crippen LogP contribution in [0.3, 0.4) is 0 Å². The van der Waals surface area contributed by atoms with Gasteiger partial charge in [-0.2, -0.15) is 0 Å². The van der Waals surface area contributed by atoms with Gasteiger partial charge in [-0.1, -0.05) is 0 Å². The van der Waals surface area contributed by atoms with E-state index < -0.39 is 27.1 Å². The Balaban J connectivity index is 2.61. The fourth-order valence-electron chi connectivity index (χ4n) is 0.641. The summed E-state index contributed by atoms with van der Waals surface area (Å²) in [7, 11) is -3.63. The second-order valence-electron chi connectivity index (χ2n) is 2.54. The Morgan fingerprint density at radius 2 is 1.83 bits per heavy atom. The van der Waals surface area contributed by atoms with Gasteiger partial charge in [0.05, 0.1) is 5.25 Å². The lowest BCUT2D eigenvalue weighted by atomic mass is 10.6. The van der Waals surface area contributed by atoms with E-state index in [4.69, 9.17) is 0 Å². The quantitative estimate of drug-likeness (QED) is 0.497. The second kappa shape index (κ2) is 2.74. The number of amides is 2. The van der Waals surface area contributed by atoms with Crippen molar-refractivity contribution in [2.24, 2.45) is 5.73 Å². The molecule has 0 aromatic rings. The van der Waals surface area contributed by atoms with Crippen LogP contribution in [0.4, 0.5) is 0 Å². The third-order valence-corrected chi connectivity index (χ3v) is 3.24. The molecule has 0 atom stereocenters. The molecule has 3 N–H and O–H groups in total. The van der Waals surface area contributed by atoms with Crippen molar-refractivity contribution in [3.63, 3.8) is 0 Å². The van der Waals surface area contributed by atoms with Gasteiger partial charge in [-0.15, -0.1) is 0 Å². The number of rotatable bonds is 2. The first kappa shape index (κ1) is 8.98. The standard InChI is InChI=1S/C5H8N2O4S/c6-4(8)5(9)7-12(10,11)3-1-2-3/h3H,1-2H2,(H2,6,8)(H,7,9). The molecule has 0 radical (unpaired) electrons. The average Bonchev–Trinajstić information content (AvgIpc) is 2.65. The fourth-order valence-corrected chi connectivity index (χ4v) is 1.92. The van der Waals surface area contributed by atoms with E-state index in [1.54, 1.807) is 4.72 Å². The molecule has 7 heteroatoms. The minimum atomic E-state index is -3.63. The topological polar surface area (TPSA) is 106 Å². The van der Waals surface area contributed by atoms with Crippen molar-refractivity contribution in [1.82, 2.24) is 4.72 Å². The smallest absolute Gasteiger partial charge is 0.322 e. The van der Waals surface area contributed by atoms with E-state index in [0.29, 0.717) is 12.8 Å². The molecular weight excluding hydrogens is 184 g/mol. The van der Waals surface area contributed by atoms with Gasteiger partial charge < -0.3 is 5.73 Å². The largest absolute Gasteiger partial charge is 0.361 e. The van der Waals surface area contributed by atoms with Crippen molar-refractivity contribution < 1.29 is 18.0 Å². The number of carbonyl (C=O) groups is 2. The molecule has 2 amide bonds. The lowest BCUT2D eigenvalue weighted by molar-refractivity contribution is -0.136. The van der Waals surface area contributed by atoms with Crippen molar-refractivity contribution in [3.05, 3.63) is 0 Å². The van der Waals surface area contributed by atoms with Crippen LogP contribution in [0.15, 0.2) is 0 Å². The Labute approximate surface area is 69.2 Å². The molecule has 12 heavy (non-hydrogen) atoms. The Morgan fingerprint density at radius 3 is 2.17 bits per heavy atom. The van der Waals surface area contributed by atoms with Crippen molar-refractivity contribution in [1.29, 1.82) is 0 Å². The molecule has 1 rings (SSSR count). The van der Waals surface area contributed by atoms with Gasteiger partial charge in [0, 0.05) is 0 Å². The van der Waals surface area contributed by atoms with Crippen molar-refractivity contribution >= 4 is 21.8 Å². The zero-order valence-electron chi connectivity index (χ0n) is 6.11. The molecule has 1 saturated carbocycles. The van der Waals surface area contributed by atoms with Gasteiger partial charge in [-0.25, -0.2) is 13.1 Å². The summed E-state index contributed by atoms with van der Waals surface area (Å²) in [5.41, 5.74) is 4.55. The summed E-state index contributed by atoms with van der Waals surface area (Å²) < 4.78 is 23.5. The molecule has 1 fully saturated rings. The average molecular weight is 192 g/mol. The second-order valence-corrected chi connectivity index (χ2v) is 4.50. The molecule has 0 aliphatic heterocycles. The van der Waals surface area contributed by atoms with E-state index in [2.05, 4.69) is 5.73 Å². The van der Waals surface area contributed by atoms with E-state index in [1.807, 2.05) is 0 Å². The van der Waals surface area contributed by atoms with Crippen LogP contribution in [-0.2, 0) is 19.6 Å². The Kier molecular flexibility index (Phi) is 2.05. The molecule has 0 unspecified atom stereocenters. The van der Waals surface area contributed by atoms with Crippen LogP contribution in [0.2, 0.25) is 0 Å². The maximum atomic E-state index is 11.0. The van der Waals surface area contributed by atoms with Crippen LogP contribution in [-0.4, -0.2) is 25.5 Å². The number of nitrogens with one attached hydrogen (secondary N) is 1. The summed E-state index contributed by atoms with van der Waals surface area (Å²) in [6.07, 6.45) is 1.06. The third kappa shape index (κ3) is 1.94. The number of nitrogens with two attached hydrogens (primary N) is 1. The van der Waals surface area contributed by atoms with Crippen LogP contribution in [0.5, 0.6) is 0 Å². The fraction of sp³-hybridized carbons (Fsp3) is 0.600. The van der Waals surface area contributed by atoms with E-state index in [1.165, 1.54) is 0 Å². The summed E-state index contributed by atoms with van der Waals surface area (Å²) in [5.74, 6) is -2.57. The number of hydrogen-bond acceptors (Lipinski definition) is 4. The molecule has 0 aromatic heterocycles. The SMILES string of the molecule is NC(=O)C(=O)NS(=O)(=O)C1CC1. The maximum absolute atomic E-state index is 11.0. The Morgan fingerprint density at radius 1 is 1.33 bits per heavy atom. The monoisotopic (exact) mass is 192 g/mol. The van der Waals surface area contributed by atoms with Gasteiger partial charge in [-0.05, 0) is 12.8 Å². The first-order valence-electron chi connectivity index (χ1n) is 3.29. The maximum Gasteiger partial charge on any atom is 0.322 e. The minimum absolute atomic E-state index is 0.527. The zero-order chi connectivity index (χ0) is 9.35. The highest BCUT2D eigenvalue weighted by molar-refractivity contribution is 7.91. The molecule has 1 aliphatic carbocycles. The molecule has 0 saturated heterocycles. The highest BCUT2D eigenvalue weighted by Gasteiger charge is 2.37.